The molecule has 0 saturated heterocycles. The molecule has 0 radical (unpaired) electrons. The molecule has 1 fully saturated rings. The molecule has 12 heavy (non-hydrogen) atoms. The second-order valence-corrected chi connectivity index (χ2v) is 3.79. The Morgan fingerprint density at radius 3 is 2.58 bits per heavy atom. The van der Waals surface area contributed by atoms with E-state index in [1.54, 1.807) is 0 Å². The highest BCUT2D eigenvalue weighted by Gasteiger charge is 2.22. The highest BCUT2D eigenvalue weighted by atomic mass is 35.5. The van der Waals surface area contributed by atoms with E-state index in [0.29, 0.717) is 16.2 Å². The summed E-state index contributed by atoms with van der Waals surface area (Å²) in [6.45, 7) is 0. The molecule has 4 heteroatoms. The van der Waals surface area contributed by atoms with Crippen molar-refractivity contribution in [2.75, 3.05) is 0 Å². The minimum absolute atomic E-state index is 0.432. The molecule has 2 nitrogen and oxygen atoms in total. The Morgan fingerprint density at radius 2 is 2.00 bits per heavy atom. The van der Waals surface area contributed by atoms with Gasteiger partial charge in [0.1, 0.15) is 0 Å². The molecule has 1 aromatic heterocycles. The lowest BCUT2D eigenvalue weighted by Gasteiger charge is -2.25. The van der Waals surface area contributed by atoms with Gasteiger partial charge in [0.25, 0.3) is 0 Å². The molecule has 1 heterocycles. The summed E-state index contributed by atoms with van der Waals surface area (Å²) in [7, 11) is 0. The zero-order valence-electron chi connectivity index (χ0n) is 6.43. The van der Waals surface area contributed by atoms with Crippen LogP contribution in [0.4, 0.5) is 0 Å². The molecule has 0 bridgehead atoms. The summed E-state index contributed by atoms with van der Waals surface area (Å²) >= 11 is 11.6. The van der Waals surface area contributed by atoms with E-state index in [9.17, 15) is 0 Å². The summed E-state index contributed by atoms with van der Waals surface area (Å²) in [5.41, 5.74) is 1.06. The first-order chi connectivity index (χ1) is 5.77. The Kier molecular flexibility index (Phi) is 2.20. The van der Waals surface area contributed by atoms with Crippen molar-refractivity contribution < 1.29 is 0 Å². The predicted octanol–water partition coefficient (Wildman–Crippen LogP) is 3.05. The fraction of sp³-hybridized carbons (Fsp3) is 0.500. The second-order valence-electron chi connectivity index (χ2n) is 3.04. The summed E-state index contributed by atoms with van der Waals surface area (Å²) in [6.07, 6.45) is 3.67. The summed E-state index contributed by atoms with van der Waals surface area (Å²) in [4.78, 5) is 0. The number of hydrogen-bond acceptors (Lipinski definition) is 2. The highest BCUT2D eigenvalue weighted by Crippen LogP contribution is 2.39. The number of rotatable bonds is 1. The van der Waals surface area contributed by atoms with E-state index < -0.39 is 0 Å². The summed E-state index contributed by atoms with van der Waals surface area (Å²) in [5, 5.41) is 8.36. The molecule has 0 aromatic carbocycles. The van der Waals surface area contributed by atoms with Crippen LogP contribution in [0, 0.1) is 0 Å². The van der Waals surface area contributed by atoms with Crippen LogP contribution in [0.5, 0.6) is 0 Å². The maximum absolute atomic E-state index is 5.87. The standard InChI is InChI=1S/C8H8Cl2N2/c9-7-4-6(5-2-1-3-5)8(10)12-11-7/h4-5H,1-3H2. The quantitative estimate of drug-likeness (QED) is 0.700. The lowest BCUT2D eigenvalue weighted by Crippen LogP contribution is -2.10. The Bertz CT molecular complexity index is 297. The highest BCUT2D eigenvalue weighted by molar-refractivity contribution is 6.31. The van der Waals surface area contributed by atoms with Gasteiger partial charge >= 0.3 is 0 Å². The summed E-state index contributed by atoms with van der Waals surface area (Å²) in [6, 6.07) is 1.82. The van der Waals surface area contributed by atoms with Crippen LogP contribution >= 0.6 is 23.2 Å². The average Bonchev–Trinajstić information content (AvgIpc) is 1.93. The van der Waals surface area contributed by atoms with Gasteiger partial charge in [0.2, 0.25) is 0 Å². The molecule has 1 aliphatic rings. The van der Waals surface area contributed by atoms with Crippen molar-refractivity contribution in [1.29, 1.82) is 0 Å². The lowest BCUT2D eigenvalue weighted by atomic mass is 9.81. The fourth-order valence-corrected chi connectivity index (χ4v) is 1.77. The van der Waals surface area contributed by atoms with Crippen molar-refractivity contribution in [1.82, 2.24) is 10.2 Å². The molecule has 0 aliphatic heterocycles. The number of halogens is 2. The Labute approximate surface area is 80.9 Å². The number of aromatic nitrogens is 2. The maximum atomic E-state index is 5.87. The van der Waals surface area contributed by atoms with Gasteiger partial charge in [0, 0.05) is 0 Å². The van der Waals surface area contributed by atoms with Crippen molar-refractivity contribution in [2.45, 2.75) is 25.2 Å². The van der Waals surface area contributed by atoms with Crippen LogP contribution in [0.1, 0.15) is 30.7 Å². The molecule has 0 N–H and O–H groups in total. The van der Waals surface area contributed by atoms with Gasteiger partial charge in [-0.3, -0.25) is 0 Å². The van der Waals surface area contributed by atoms with Crippen LogP contribution in [0.15, 0.2) is 6.07 Å². The van der Waals surface area contributed by atoms with Gasteiger partial charge in [-0.1, -0.05) is 29.6 Å². The molecule has 0 spiro atoms. The SMILES string of the molecule is Clc1cc(C2CCC2)c(Cl)nn1. The van der Waals surface area contributed by atoms with Gasteiger partial charge in [-0.2, -0.15) is 0 Å². The van der Waals surface area contributed by atoms with E-state index in [-0.39, 0.29) is 0 Å². The van der Waals surface area contributed by atoms with Crippen molar-refractivity contribution in [2.24, 2.45) is 0 Å². The molecular formula is C8H8Cl2N2. The maximum Gasteiger partial charge on any atom is 0.155 e. The smallest absolute Gasteiger partial charge is 0.137 e. The van der Waals surface area contributed by atoms with E-state index in [0.717, 1.165) is 5.56 Å². The first-order valence-corrected chi connectivity index (χ1v) is 4.71. The largest absolute Gasteiger partial charge is 0.155 e. The second kappa shape index (κ2) is 3.19. The third kappa shape index (κ3) is 1.41. The zero-order valence-corrected chi connectivity index (χ0v) is 7.94. The molecule has 1 aromatic rings. The monoisotopic (exact) mass is 202 g/mol. The van der Waals surface area contributed by atoms with E-state index >= 15 is 0 Å². The third-order valence-corrected chi connectivity index (χ3v) is 2.77. The molecule has 2 rings (SSSR count). The fourth-order valence-electron chi connectivity index (χ4n) is 1.37. The first-order valence-electron chi connectivity index (χ1n) is 3.96. The summed E-state index contributed by atoms with van der Waals surface area (Å²) < 4.78 is 0. The molecular weight excluding hydrogens is 195 g/mol. The van der Waals surface area contributed by atoms with Crippen LogP contribution in [0.3, 0.4) is 0 Å². The topological polar surface area (TPSA) is 25.8 Å². The molecule has 0 atom stereocenters. The van der Waals surface area contributed by atoms with Gasteiger partial charge < -0.3 is 0 Å². The number of hydrogen-bond donors (Lipinski definition) is 0. The van der Waals surface area contributed by atoms with Crippen LogP contribution in [-0.2, 0) is 0 Å². The van der Waals surface area contributed by atoms with Crippen LogP contribution in [0.2, 0.25) is 10.3 Å². The minimum Gasteiger partial charge on any atom is -0.137 e. The lowest BCUT2D eigenvalue weighted by molar-refractivity contribution is 0.418. The van der Waals surface area contributed by atoms with E-state index in [4.69, 9.17) is 23.2 Å². The Hall–Kier alpha value is -0.340. The zero-order chi connectivity index (χ0) is 8.55. The van der Waals surface area contributed by atoms with E-state index in [1.165, 1.54) is 19.3 Å². The predicted molar refractivity (Wildman–Crippen MR) is 48.6 cm³/mol. The molecule has 64 valence electrons. The van der Waals surface area contributed by atoms with E-state index in [2.05, 4.69) is 10.2 Å². The first kappa shape index (κ1) is 8.27. The Balaban J connectivity index is 2.34. The van der Waals surface area contributed by atoms with Crippen LogP contribution in [0.25, 0.3) is 0 Å². The summed E-state index contributed by atoms with van der Waals surface area (Å²) in [5.74, 6) is 0.561. The van der Waals surface area contributed by atoms with Crippen molar-refractivity contribution in [3.05, 3.63) is 21.9 Å². The minimum atomic E-state index is 0.432. The molecule has 1 saturated carbocycles. The Morgan fingerprint density at radius 1 is 1.25 bits per heavy atom. The normalized spacial score (nSPS) is 17.5. The van der Waals surface area contributed by atoms with Gasteiger partial charge in [-0.15, -0.1) is 10.2 Å². The van der Waals surface area contributed by atoms with E-state index in [1.807, 2.05) is 6.07 Å². The van der Waals surface area contributed by atoms with Gasteiger partial charge in [0.05, 0.1) is 0 Å². The van der Waals surface area contributed by atoms with Gasteiger partial charge in [-0.05, 0) is 30.4 Å². The van der Waals surface area contributed by atoms with Crippen molar-refractivity contribution >= 4 is 23.2 Å². The van der Waals surface area contributed by atoms with Crippen molar-refractivity contribution in [3.8, 4) is 0 Å². The van der Waals surface area contributed by atoms with Crippen LogP contribution in [-0.4, -0.2) is 10.2 Å². The average molecular weight is 203 g/mol. The molecule has 1 aliphatic carbocycles. The van der Waals surface area contributed by atoms with Gasteiger partial charge in [-0.25, -0.2) is 0 Å². The molecule has 0 unspecified atom stereocenters. The van der Waals surface area contributed by atoms with Gasteiger partial charge in [0.15, 0.2) is 10.3 Å². The number of nitrogens with zero attached hydrogens (tertiary/aromatic N) is 2. The van der Waals surface area contributed by atoms with Crippen molar-refractivity contribution in [3.63, 3.8) is 0 Å². The van der Waals surface area contributed by atoms with Crippen LogP contribution < -0.4 is 0 Å². The third-order valence-electron chi connectivity index (χ3n) is 2.29. The molecule has 0 amide bonds.